The van der Waals surface area contributed by atoms with Crippen molar-refractivity contribution in [2.75, 3.05) is 0 Å². The van der Waals surface area contributed by atoms with Crippen molar-refractivity contribution in [3.63, 3.8) is 0 Å². The standard InChI is InChI=1S/C10H4BrClN2O3S/c11-10-13-8(4-18-10)9(16)17-14-7-2-1-5(15)3-6(7)12/h1-4H. The second-order valence-corrected chi connectivity index (χ2v) is 5.61. The molecule has 1 aliphatic rings. The van der Waals surface area contributed by atoms with Gasteiger partial charge in [-0.05, 0) is 28.1 Å². The number of carbonyl (C=O) groups excluding carboxylic acids is 2. The number of thiazole rings is 1. The van der Waals surface area contributed by atoms with Gasteiger partial charge in [-0.25, -0.2) is 9.78 Å². The fourth-order valence-corrected chi connectivity index (χ4v) is 2.23. The Hall–Kier alpha value is -1.31. The molecule has 18 heavy (non-hydrogen) atoms. The van der Waals surface area contributed by atoms with E-state index < -0.39 is 5.97 Å². The third-order valence-corrected chi connectivity index (χ3v) is 3.50. The Morgan fingerprint density at radius 1 is 1.50 bits per heavy atom. The molecular formula is C10H4BrClN2O3S. The van der Waals surface area contributed by atoms with Gasteiger partial charge in [0, 0.05) is 11.5 Å². The fourth-order valence-electron chi connectivity index (χ4n) is 1.04. The van der Waals surface area contributed by atoms with E-state index in [0.717, 1.165) is 0 Å². The monoisotopic (exact) mass is 346 g/mol. The van der Waals surface area contributed by atoms with Crippen molar-refractivity contribution < 1.29 is 14.4 Å². The van der Waals surface area contributed by atoms with Gasteiger partial charge in [0.25, 0.3) is 0 Å². The van der Waals surface area contributed by atoms with Crippen LogP contribution in [-0.2, 0) is 9.63 Å². The normalized spacial score (nSPS) is 16.9. The zero-order valence-corrected chi connectivity index (χ0v) is 11.8. The van der Waals surface area contributed by atoms with Crippen LogP contribution in [0, 0.1) is 0 Å². The lowest BCUT2D eigenvalue weighted by Crippen LogP contribution is -2.07. The SMILES string of the molecule is O=C1C=CC(=NOC(=O)c2csc(Br)n2)C(Cl)=C1. The second-order valence-electron chi connectivity index (χ2n) is 3.07. The first-order chi connectivity index (χ1) is 8.56. The van der Waals surface area contributed by atoms with Crippen molar-refractivity contribution in [2.24, 2.45) is 5.16 Å². The molecule has 0 saturated carbocycles. The maximum absolute atomic E-state index is 11.5. The molecule has 8 heteroatoms. The lowest BCUT2D eigenvalue weighted by atomic mass is 10.2. The lowest BCUT2D eigenvalue weighted by Gasteiger charge is -2.02. The van der Waals surface area contributed by atoms with E-state index in [-0.39, 0.29) is 22.2 Å². The predicted molar refractivity (Wildman–Crippen MR) is 70.7 cm³/mol. The first-order valence-corrected chi connectivity index (χ1v) is 6.61. The number of hydrogen-bond donors (Lipinski definition) is 0. The van der Waals surface area contributed by atoms with Gasteiger partial charge < -0.3 is 4.84 Å². The van der Waals surface area contributed by atoms with E-state index in [4.69, 9.17) is 11.6 Å². The van der Waals surface area contributed by atoms with Crippen LogP contribution in [0.3, 0.4) is 0 Å². The van der Waals surface area contributed by atoms with Gasteiger partial charge in [0.05, 0.1) is 5.03 Å². The van der Waals surface area contributed by atoms with Crippen LogP contribution in [0.4, 0.5) is 0 Å². The van der Waals surface area contributed by atoms with Crippen LogP contribution >= 0.6 is 38.9 Å². The van der Waals surface area contributed by atoms with Crippen LogP contribution in [0.15, 0.2) is 37.7 Å². The molecule has 1 heterocycles. The minimum absolute atomic E-state index is 0.120. The van der Waals surface area contributed by atoms with Crippen LogP contribution in [0.2, 0.25) is 0 Å². The number of nitrogens with zero attached hydrogens (tertiary/aromatic N) is 2. The van der Waals surface area contributed by atoms with Crippen LogP contribution in [0.1, 0.15) is 10.5 Å². The van der Waals surface area contributed by atoms with Crippen molar-refractivity contribution >= 4 is 56.3 Å². The molecule has 1 aromatic rings. The van der Waals surface area contributed by atoms with E-state index in [9.17, 15) is 9.59 Å². The van der Waals surface area contributed by atoms with Gasteiger partial charge in [0.15, 0.2) is 15.4 Å². The summed E-state index contributed by atoms with van der Waals surface area (Å²) >= 11 is 10.1. The van der Waals surface area contributed by atoms with Crippen molar-refractivity contribution in [1.82, 2.24) is 4.98 Å². The topological polar surface area (TPSA) is 68.6 Å². The number of oxime groups is 1. The van der Waals surface area contributed by atoms with Crippen LogP contribution in [0.5, 0.6) is 0 Å². The molecule has 0 amide bonds. The summed E-state index contributed by atoms with van der Waals surface area (Å²) in [6, 6.07) is 0. The number of rotatable bonds is 2. The van der Waals surface area contributed by atoms with Crippen molar-refractivity contribution in [2.45, 2.75) is 0 Å². The molecule has 0 fully saturated rings. The summed E-state index contributed by atoms with van der Waals surface area (Å²) in [4.78, 5) is 31.0. The number of allylic oxidation sites excluding steroid dienone is 4. The third kappa shape index (κ3) is 3.12. The second kappa shape index (κ2) is 5.55. The minimum atomic E-state index is -0.695. The summed E-state index contributed by atoms with van der Waals surface area (Å²) in [6.45, 7) is 0. The molecule has 0 unspecified atom stereocenters. The van der Waals surface area contributed by atoms with Gasteiger partial charge in [0.1, 0.15) is 5.71 Å². The Kier molecular flexibility index (Phi) is 4.05. The average Bonchev–Trinajstić information content (AvgIpc) is 2.74. The highest BCUT2D eigenvalue weighted by Crippen LogP contribution is 2.17. The summed E-state index contributed by atoms with van der Waals surface area (Å²) in [6.07, 6.45) is 3.83. The van der Waals surface area contributed by atoms with Gasteiger partial charge in [-0.15, -0.1) is 11.3 Å². The van der Waals surface area contributed by atoms with E-state index in [1.165, 1.54) is 34.9 Å². The Morgan fingerprint density at radius 2 is 2.28 bits per heavy atom. The smallest absolute Gasteiger partial charge is 0.310 e. The number of aromatic nitrogens is 1. The molecule has 0 aromatic carbocycles. The third-order valence-electron chi connectivity index (χ3n) is 1.83. The number of ketones is 1. The molecule has 0 radical (unpaired) electrons. The fraction of sp³-hybridized carbons (Fsp3) is 0. The van der Waals surface area contributed by atoms with Gasteiger partial charge in [0.2, 0.25) is 0 Å². The molecule has 0 N–H and O–H groups in total. The zero-order chi connectivity index (χ0) is 13.1. The highest BCUT2D eigenvalue weighted by molar-refractivity contribution is 9.11. The molecule has 0 spiro atoms. The van der Waals surface area contributed by atoms with E-state index in [2.05, 4.69) is 30.9 Å². The Balaban J connectivity index is 2.08. The van der Waals surface area contributed by atoms with E-state index in [1.54, 1.807) is 0 Å². The highest BCUT2D eigenvalue weighted by Gasteiger charge is 2.14. The van der Waals surface area contributed by atoms with Crippen molar-refractivity contribution in [3.8, 4) is 0 Å². The summed E-state index contributed by atoms with van der Waals surface area (Å²) in [5.74, 6) is -0.937. The summed E-state index contributed by atoms with van der Waals surface area (Å²) in [5.41, 5.74) is 0.353. The predicted octanol–water partition coefficient (Wildman–Crippen LogP) is 2.68. The maximum Gasteiger partial charge on any atom is 0.384 e. The molecule has 0 atom stereocenters. The lowest BCUT2D eigenvalue weighted by molar-refractivity contribution is -0.110. The largest absolute Gasteiger partial charge is 0.384 e. The van der Waals surface area contributed by atoms with Gasteiger partial charge in [-0.1, -0.05) is 16.8 Å². The summed E-state index contributed by atoms with van der Waals surface area (Å²) in [7, 11) is 0. The van der Waals surface area contributed by atoms with Gasteiger partial charge in [-0.3, -0.25) is 4.79 Å². The van der Waals surface area contributed by atoms with Crippen molar-refractivity contribution in [3.05, 3.63) is 38.3 Å². The van der Waals surface area contributed by atoms with Crippen LogP contribution < -0.4 is 0 Å². The van der Waals surface area contributed by atoms with Crippen molar-refractivity contribution in [1.29, 1.82) is 0 Å². The quantitative estimate of drug-likeness (QED) is 0.468. The van der Waals surface area contributed by atoms with Gasteiger partial charge >= 0.3 is 5.97 Å². The van der Waals surface area contributed by atoms with Crippen LogP contribution in [-0.4, -0.2) is 22.4 Å². The minimum Gasteiger partial charge on any atom is -0.310 e. The maximum atomic E-state index is 11.5. The average molecular weight is 348 g/mol. The molecular weight excluding hydrogens is 344 g/mol. The molecule has 0 aliphatic heterocycles. The Bertz CT molecular complexity index is 606. The Labute approximate surface area is 119 Å². The highest BCUT2D eigenvalue weighted by atomic mass is 79.9. The molecule has 92 valence electrons. The number of halogens is 2. The molecule has 0 saturated heterocycles. The zero-order valence-electron chi connectivity index (χ0n) is 8.59. The summed E-state index contributed by atoms with van der Waals surface area (Å²) < 4.78 is 0.572. The van der Waals surface area contributed by atoms with E-state index in [1.807, 2.05) is 0 Å². The Morgan fingerprint density at radius 3 is 2.89 bits per heavy atom. The molecule has 1 aliphatic carbocycles. The van der Waals surface area contributed by atoms with Crippen LogP contribution in [0.25, 0.3) is 0 Å². The number of hydrogen-bond acceptors (Lipinski definition) is 6. The first-order valence-electron chi connectivity index (χ1n) is 4.56. The summed E-state index contributed by atoms with van der Waals surface area (Å²) in [5, 5.41) is 5.21. The molecule has 0 bridgehead atoms. The van der Waals surface area contributed by atoms with Gasteiger partial charge in [-0.2, -0.15) is 0 Å². The molecule has 5 nitrogen and oxygen atoms in total. The van der Waals surface area contributed by atoms with E-state index in [0.29, 0.717) is 3.92 Å². The molecule has 1 aromatic heterocycles. The van der Waals surface area contributed by atoms with E-state index >= 15 is 0 Å². The first kappa shape index (κ1) is 13.1. The number of carbonyl (C=O) groups is 2. The molecule has 2 rings (SSSR count).